The van der Waals surface area contributed by atoms with Crippen LogP contribution in [0.3, 0.4) is 0 Å². The van der Waals surface area contributed by atoms with Crippen LogP contribution in [0.2, 0.25) is 0 Å². The number of fused-ring (bicyclic) bond motifs is 3. The number of furan rings is 1. The Morgan fingerprint density at radius 2 is 1.61 bits per heavy atom. The number of hydrogen-bond acceptors (Lipinski definition) is 4. The van der Waals surface area contributed by atoms with E-state index in [1.54, 1.807) is 18.2 Å². The lowest BCUT2D eigenvalue weighted by atomic mass is 10.1. The van der Waals surface area contributed by atoms with Crippen molar-refractivity contribution in [1.82, 2.24) is 0 Å². The molecule has 5 nitrogen and oxygen atoms in total. The molecule has 1 heterocycles. The molecule has 0 spiro atoms. The van der Waals surface area contributed by atoms with E-state index >= 15 is 0 Å². The maximum atomic E-state index is 13.2. The molecule has 140 valence electrons. The van der Waals surface area contributed by atoms with Crippen LogP contribution in [0.5, 0.6) is 0 Å². The average Bonchev–Trinajstić information content (AvgIpc) is 3.03. The minimum absolute atomic E-state index is 0.309. The fraction of sp³-hybridized carbons (Fsp3) is 0.0476. The van der Waals surface area contributed by atoms with Gasteiger partial charge in [0.1, 0.15) is 22.8 Å². The summed E-state index contributed by atoms with van der Waals surface area (Å²) < 4.78 is 36.8. The molecule has 0 aliphatic carbocycles. The van der Waals surface area contributed by atoms with Crippen molar-refractivity contribution >= 4 is 39.5 Å². The second-order valence-corrected chi connectivity index (χ2v) is 6.09. The Hall–Kier alpha value is -3.74. The first-order chi connectivity index (χ1) is 13.5. The van der Waals surface area contributed by atoms with Crippen molar-refractivity contribution in [1.29, 1.82) is 0 Å². The van der Waals surface area contributed by atoms with Gasteiger partial charge in [0.25, 0.3) is 5.91 Å². The Morgan fingerprint density at radius 3 is 2.39 bits per heavy atom. The fourth-order valence-electron chi connectivity index (χ4n) is 2.89. The SMILES string of the molecule is O=C(COC(=O)c1cc(F)cc(F)c1)Nc1ccc2oc3ccccc3c2c1. The maximum Gasteiger partial charge on any atom is 0.338 e. The number of anilines is 1. The molecule has 0 fully saturated rings. The van der Waals surface area contributed by atoms with Gasteiger partial charge in [-0.3, -0.25) is 4.79 Å². The highest BCUT2D eigenvalue weighted by molar-refractivity contribution is 6.07. The van der Waals surface area contributed by atoms with E-state index in [4.69, 9.17) is 9.15 Å². The van der Waals surface area contributed by atoms with Crippen molar-refractivity contribution in [2.24, 2.45) is 0 Å². The Morgan fingerprint density at radius 1 is 0.893 bits per heavy atom. The molecule has 1 N–H and O–H groups in total. The predicted molar refractivity (Wildman–Crippen MR) is 99.0 cm³/mol. The molecule has 0 bridgehead atoms. The number of halogens is 2. The Kier molecular flexibility index (Phi) is 4.49. The molecule has 3 aromatic carbocycles. The van der Waals surface area contributed by atoms with E-state index < -0.39 is 30.1 Å². The van der Waals surface area contributed by atoms with Crippen LogP contribution in [0.1, 0.15) is 10.4 Å². The van der Waals surface area contributed by atoms with Crippen LogP contribution < -0.4 is 5.32 Å². The van der Waals surface area contributed by atoms with E-state index in [9.17, 15) is 18.4 Å². The minimum atomic E-state index is -0.996. The number of rotatable bonds is 4. The van der Waals surface area contributed by atoms with Gasteiger partial charge in [-0.1, -0.05) is 18.2 Å². The maximum absolute atomic E-state index is 13.2. The third-order valence-electron chi connectivity index (χ3n) is 4.09. The van der Waals surface area contributed by atoms with E-state index in [1.807, 2.05) is 24.3 Å². The van der Waals surface area contributed by atoms with Gasteiger partial charge in [-0.15, -0.1) is 0 Å². The van der Waals surface area contributed by atoms with Gasteiger partial charge in [-0.05, 0) is 36.4 Å². The van der Waals surface area contributed by atoms with Crippen LogP contribution in [0, 0.1) is 11.6 Å². The summed E-state index contributed by atoms with van der Waals surface area (Å²) in [5, 5.41) is 4.36. The highest BCUT2D eigenvalue weighted by atomic mass is 19.1. The topological polar surface area (TPSA) is 68.5 Å². The lowest BCUT2D eigenvalue weighted by molar-refractivity contribution is -0.119. The van der Waals surface area contributed by atoms with Crippen molar-refractivity contribution in [2.45, 2.75) is 0 Å². The fourth-order valence-corrected chi connectivity index (χ4v) is 2.89. The van der Waals surface area contributed by atoms with Crippen LogP contribution >= 0.6 is 0 Å². The van der Waals surface area contributed by atoms with Crippen LogP contribution in [0.15, 0.2) is 65.1 Å². The Balaban J connectivity index is 1.44. The van der Waals surface area contributed by atoms with Gasteiger partial charge in [-0.2, -0.15) is 0 Å². The van der Waals surface area contributed by atoms with E-state index in [0.717, 1.165) is 28.5 Å². The second-order valence-electron chi connectivity index (χ2n) is 6.09. The van der Waals surface area contributed by atoms with Crippen LogP contribution in [-0.4, -0.2) is 18.5 Å². The number of nitrogens with one attached hydrogen (secondary N) is 1. The molecule has 1 aromatic heterocycles. The molecule has 0 radical (unpaired) electrons. The first kappa shape index (κ1) is 17.7. The standard InChI is InChI=1S/C21H13F2NO4/c22-13-7-12(8-14(23)9-13)21(26)27-11-20(25)24-15-5-6-19-17(10-15)16-3-1-2-4-18(16)28-19/h1-10H,11H2,(H,24,25). The first-order valence-corrected chi connectivity index (χ1v) is 8.34. The van der Waals surface area contributed by atoms with Crippen LogP contribution in [0.25, 0.3) is 21.9 Å². The highest BCUT2D eigenvalue weighted by Gasteiger charge is 2.14. The van der Waals surface area contributed by atoms with E-state index in [0.29, 0.717) is 17.3 Å². The molecule has 4 aromatic rings. The zero-order valence-electron chi connectivity index (χ0n) is 14.4. The van der Waals surface area contributed by atoms with E-state index in [1.165, 1.54) is 0 Å². The summed E-state index contributed by atoms with van der Waals surface area (Å²) in [5.74, 6) is -3.39. The van der Waals surface area contributed by atoms with Gasteiger partial charge in [0, 0.05) is 22.5 Å². The number of carbonyl (C=O) groups excluding carboxylic acids is 2. The summed E-state index contributed by atoms with van der Waals surface area (Å²) in [4.78, 5) is 23.9. The number of esters is 1. The smallest absolute Gasteiger partial charge is 0.338 e. The zero-order valence-corrected chi connectivity index (χ0v) is 14.4. The number of hydrogen-bond donors (Lipinski definition) is 1. The van der Waals surface area contributed by atoms with Crippen LogP contribution in [-0.2, 0) is 9.53 Å². The van der Waals surface area contributed by atoms with Gasteiger partial charge < -0.3 is 14.5 Å². The molecule has 0 aliphatic heterocycles. The molecule has 4 rings (SSSR count). The normalized spacial score (nSPS) is 10.9. The summed E-state index contributed by atoms with van der Waals surface area (Å²) >= 11 is 0. The van der Waals surface area contributed by atoms with Crippen molar-refractivity contribution in [3.63, 3.8) is 0 Å². The molecule has 0 atom stereocenters. The number of carbonyl (C=O) groups is 2. The first-order valence-electron chi connectivity index (χ1n) is 8.34. The monoisotopic (exact) mass is 381 g/mol. The highest BCUT2D eigenvalue weighted by Crippen LogP contribution is 2.30. The summed E-state index contributed by atoms with van der Waals surface area (Å²) in [6.07, 6.45) is 0. The van der Waals surface area contributed by atoms with Crippen molar-refractivity contribution in [3.8, 4) is 0 Å². The quantitative estimate of drug-likeness (QED) is 0.522. The molecule has 28 heavy (non-hydrogen) atoms. The van der Waals surface area contributed by atoms with Crippen LogP contribution in [0.4, 0.5) is 14.5 Å². The van der Waals surface area contributed by atoms with Gasteiger partial charge >= 0.3 is 5.97 Å². The number of ether oxygens (including phenoxy) is 1. The average molecular weight is 381 g/mol. The Bertz CT molecular complexity index is 1200. The predicted octanol–water partition coefficient (Wildman–Crippen LogP) is 4.66. The summed E-state index contributed by atoms with van der Waals surface area (Å²) in [6, 6.07) is 15.0. The number of para-hydroxylation sites is 1. The summed E-state index contributed by atoms with van der Waals surface area (Å²) in [7, 11) is 0. The molecule has 7 heteroatoms. The minimum Gasteiger partial charge on any atom is -0.456 e. The molecular formula is C21H13F2NO4. The van der Waals surface area contributed by atoms with Crippen molar-refractivity contribution in [2.75, 3.05) is 11.9 Å². The number of amides is 1. The van der Waals surface area contributed by atoms with Crippen molar-refractivity contribution < 1.29 is 27.5 Å². The van der Waals surface area contributed by atoms with E-state index in [-0.39, 0.29) is 5.56 Å². The summed E-state index contributed by atoms with van der Waals surface area (Å²) in [6.45, 7) is -0.596. The lowest BCUT2D eigenvalue weighted by Crippen LogP contribution is -2.21. The molecule has 0 aliphatic rings. The van der Waals surface area contributed by atoms with E-state index in [2.05, 4.69) is 5.32 Å². The number of benzene rings is 3. The zero-order chi connectivity index (χ0) is 19.7. The van der Waals surface area contributed by atoms with Gasteiger partial charge in [0.2, 0.25) is 0 Å². The molecule has 1 amide bonds. The third-order valence-corrected chi connectivity index (χ3v) is 4.09. The van der Waals surface area contributed by atoms with Gasteiger partial charge in [0.05, 0.1) is 5.56 Å². The second kappa shape index (κ2) is 7.11. The molecule has 0 saturated carbocycles. The molecular weight excluding hydrogens is 368 g/mol. The van der Waals surface area contributed by atoms with Crippen molar-refractivity contribution in [3.05, 3.63) is 77.9 Å². The largest absolute Gasteiger partial charge is 0.456 e. The molecule has 0 saturated heterocycles. The Labute approximate surface area is 157 Å². The third kappa shape index (κ3) is 3.55. The lowest BCUT2D eigenvalue weighted by Gasteiger charge is -2.07. The van der Waals surface area contributed by atoms with Gasteiger partial charge in [-0.25, -0.2) is 13.6 Å². The van der Waals surface area contributed by atoms with Gasteiger partial charge in [0.15, 0.2) is 6.61 Å². The molecule has 0 unspecified atom stereocenters. The summed E-state index contributed by atoms with van der Waals surface area (Å²) in [5.41, 5.74) is 1.60.